The molecule has 6 nitrogen and oxygen atoms in total. The first kappa shape index (κ1) is 19.4. The predicted octanol–water partition coefficient (Wildman–Crippen LogP) is 3.52. The molecule has 0 radical (unpaired) electrons. The molecule has 0 aliphatic heterocycles. The normalized spacial score (nSPS) is 11.7. The van der Waals surface area contributed by atoms with Crippen molar-refractivity contribution in [3.8, 4) is 11.5 Å². The quantitative estimate of drug-likeness (QED) is 0.602. The van der Waals surface area contributed by atoms with Gasteiger partial charge in [0.15, 0.2) is 22.9 Å². The second-order valence-electron chi connectivity index (χ2n) is 5.59. The van der Waals surface area contributed by atoms with Crippen molar-refractivity contribution in [2.24, 2.45) is 4.99 Å². The van der Waals surface area contributed by atoms with Gasteiger partial charge in [-0.15, -0.1) is 0 Å². The fourth-order valence-electron chi connectivity index (χ4n) is 2.55. The molecule has 8 heteroatoms. The molecule has 142 valence electrons. The van der Waals surface area contributed by atoms with Crippen molar-refractivity contribution < 1.29 is 19.0 Å². The van der Waals surface area contributed by atoms with Gasteiger partial charge in [0.25, 0.3) is 5.91 Å². The van der Waals surface area contributed by atoms with Crippen LogP contribution < -0.4 is 14.3 Å². The minimum atomic E-state index is -0.385. The highest BCUT2D eigenvalue weighted by molar-refractivity contribution is 7.16. The van der Waals surface area contributed by atoms with Crippen LogP contribution in [-0.2, 0) is 16.1 Å². The number of ether oxygens (including phenoxy) is 3. The number of methoxy groups -OCH3 is 2. The molecule has 1 heterocycles. The Balaban J connectivity index is 1.86. The number of carbonyl (C=O) groups is 1. The highest BCUT2D eigenvalue weighted by atomic mass is 35.5. The van der Waals surface area contributed by atoms with Crippen molar-refractivity contribution in [3.05, 3.63) is 52.3 Å². The van der Waals surface area contributed by atoms with Crippen molar-refractivity contribution in [3.63, 3.8) is 0 Å². The summed E-state index contributed by atoms with van der Waals surface area (Å²) in [5, 5.41) is 0.639. The van der Waals surface area contributed by atoms with E-state index < -0.39 is 0 Å². The Morgan fingerprint density at radius 1 is 1.19 bits per heavy atom. The predicted molar refractivity (Wildman–Crippen MR) is 106 cm³/mol. The molecule has 0 N–H and O–H groups in total. The Morgan fingerprint density at radius 2 is 1.96 bits per heavy atom. The third-order valence-corrected chi connectivity index (χ3v) is 5.08. The summed E-state index contributed by atoms with van der Waals surface area (Å²) in [4.78, 5) is 17.2. The van der Waals surface area contributed by atoms with Gasteiger partial charge in [0.1, 0.15) is 0 Å². The average Bonchev–Trinajstić information content (AvgIpc) is 3.00. The SMILES string of the molecule is COCCn1c(=NC(=O)COc2ccccc2OC)sc2cc(Cl)ccc21. The van der Waals surface area contributed by atoms with Gasteiger partial charge in [-0.05, 0) is 30.3 Å². The number of nitrogens with zero attached hydrogens (tertiary/aromatic N) is 2. The number of halogens is 1. The number of carbonyl (C=O) groups excluding carboxylic acids is 1. The number of thiazole rings is 1. The maximum Gasteiger partial charge on any atom is 0.286 e. The summed E-state index contributed by atoms with van der Waals surface area (Å²) in [6, 6.07) is 12.7. The number of fused-ring (bicyclic) bond motifs is 1. The standard InChI is InChI=1S/C19H19ClN2O4S/c1-24-10-9-22-14-8-7-13(20)11-17(14)27-19(22)21-18(23)12-26-16-6-4-3-5-15(16)25-2/h3-8,11H,9-10,12H2,1-2H3. The lowest BCUT2D eigenvalue weighted by Crippen LogP contribution is -2.21. The smallest absolute Gasteiger partial charge is 0.286 e. The fourth-order valence-corrected chi connectivity index (χ4v) is 3.90. The van der Waals surface area contributed by atoms with E-state index in [1.54, 1.807) is 26.4 Å². The number of aromatic nitrogens is 1. The van der Waals surface area contributed by atoms with Crippen LogP contribution >= 0.6 is 22.9 Å². The van der Waals surface area contributed by atoms with Crippen LogP contribution in [0.25, 0.3) is 10.2 Å². The third-order valence-electron chi connectivity index (χ3n) is 3.80. The van der Waals surface area contributed by atoms with Crippen LogP contribution in [0, 0.1) is 0 Å². The van der Waals surface area contributed by atoms with E-state index in [0.717, 1.165) is 10.2 Å². The molecule has 0 unspecified atom stereocenters. The first-order valence-electron chi connectivity index (χ1n) is 8.23. The van der Waals surface area contributed by atoms with E-state index in [0.29, 0.717) is 34.5 Å². The number of hydrogen-bond donors (Lipinski definition) is 0. The molecule has 0 aliphatic carbocycles. The van der Waals surface area contributed by atoms with Crippen LogP contribution in [0.3, 0.4) is 0 Å². The van der Waals surface area contributed by atoms with Crippen LogP contribution in [0.4, 0.5) is 0 Å². The van der Waals surface area contributed by atoms with Crippen LogP contribution in [0.5, 0.6) is 11.5 Å². The van der Waals surface area contributed by atoms with Gasteiger partial charge < -0.3 is 18.8 Å². The summed E-state index contributed by atoms with van der Waals surface area (Å²) in [6.45, 7) is 0.908. The third kappa shape index (κ3) is 4.68. The molecule has 0 fully saturated rings. The molecule has 2 aromatic carbocycles. The maximum absolute atomic E-state index is 12.4. The van der Waals surface area contributed by atoms with Crippen LogP contribution in [0.1, 0.15) is 0 Å². The topological polar surface area (TPSA) is 62.1 Å². The lowest BCUT2D eigenvalue weighted by molar-refractivity contribution is -0.120. The van der Waals surface area contributed by atoms with Crippen molar-refractivity contribution >= 4 is 39.1 Å². The van der Waals surface area contributed by atoms with E-state index in [-0.39, 0.29) is 12.5 Å². The number of amides is 1. The van der Waals surface area contributed by atoms with Crippen LogP contribution in [0.15, 0.2) is 47.5 Å². The maximum atomic E-state index is 12.4. The van der Waals surface area contributed by atoms with Gasteiger partial charge in [-0.25, -0.2) is 0 Å². The van der Waals surface area contributed by atoms with Crippen molar-refractivity contribution in [1.29, 1.82) is 0 Å². The molecule has 1 amide bonds. The van der Waals surface area contributed by atoms with Gasteiger partial charge in [-0.3, -0.25) is 4.79 Å². The molecule has 0 saturated carbocycles. The molecule has 1 aromatic heterocycles. The lowest BCUT2D eigenvalue weighted by atomic mass is 10.3. The molecular formula is C19H19ClN2O4S. The molecule has 0 aliphatic rings. The minimum absolute atomic E-state index is 0.181. The number of benzene rings is 2. The van der Waals surface area contributed by atoms with Gasteiger partial charge in [-0.1, -0.05) is 35.1 Å². The Labute approximate surface area is 165 Å². The minimum Gasteiger partial charge on any atom is -0.493 e. The molecule has 3 aromatic rings. The lowest BCUT2D eigenvalue weighted by Gasteiger charge is -2.08. The molecule has 0 atom stereocenters. The van der Waals surface area contributed by atoms with E-state index in [9.17, 15) is 4.79 Å². The van der Waals surface area contributed by atoms with E-state index in [1.165, 1.54) is 11.3 Å². The van der Waals surface area contributed by atoms with Gasteiger partial charge in [0.2, 0.25) is 0 Å². The highest BCUT2D eigenvalue weighted by Crippen LogP contribution is 2.25. The first-order chi connectivity index (χ1) is 13.1. The zero-order valence-electron chi connectivity index (χ0n) is 15.0. The Kier molecular flexibility index (Phi) is 6.49. The van der Waals surface area contributed by atoms with E-state index in [1.807, 2.05) is 34.9 Å². The van der Waals surface area contributed by atoms with E-state index in [2.05, 4.69) is 4.99 Å². The van der Waals surface area contributed by atoms with Crippen LogP contribution in [0.2, 0.25) is 5.02 Å². The molecule has 27 heavy (non-hydrogen) atoms. The van der Waals surface area contributed by atoms with Gasteiger partial charge >= 0.3 is 0 Å². The highest BCUT2D eigenvalue weighted by Gasteiger charge is 2.10. The zero-order valence-corrected chi connectivity index (χ0v) is 16.5. The molecule has 0 spiro atoms. The van der Waals surface area contributed by atoms with Gasteiger partial charge in [-0.2, -0.15) is 4.99 Å². The molecular weight excluding hydrogens is 388 g/mol. The van der Waals surface area contributed by atoms with Crippen molar-refractivity contribution in [2.45, 2.75) is 6.54 Å². The summed E-state index contributed by atoms with van der Waals surface area (Å²) in [5.74, 6) is 0.681. The number of para-hydroxylation sites is 2. The average molecular weight is 407 g/mol. The second kappa shape index (κ2) is 9.03. The number of hydrogen-bond acceptors (Lipinski definition) is 5. The number of rotatable bonds is 7. The van der Waals surface area contributed by atoms with Crippen molar-refractivity contribution in [2.75, 3.05) is 27.4 Å². The van der Waals surface area contributed by atoms with E-state index >= 15 is 0 Å². The summed E-state index contributed by atoms with van der Waals surface area (Å²) in [5.41, 5.74) is 0.957. The summed E-state index contributed by atoms with van der Waals surface area (Å²) >= 11 is 7.48. The monoisotopic (exact) mass is 406 g/mol. The first-order valence-corrected chi connectivity index (χ1v) is 9.43. The van der Waals surface area contributed by atoms with Gasteiger partial charge in [0.05, 0.1) is 23.9 Å². The second-order valence-corrected chi connectivity index (χ2v) is 7.03. The fraction of sp³-hybridized carbons (Fsp3) is 0.263. The van der Waals surface area contributed by atoms with E-state index in [4.69, 9.17) is 25.8 Å². The van der Waals surface area contributed by atoms with Gasteiger partial charge in [0, 0.05) is 18.7 Å². The van der Waals surface area contributed by atoms with Crippen LogP contribution in [-0.4, -0.2) is 37.9 Å². The van der Waals surface area contributed by atoms with Crippen molar-refractivity contribution in [1.82, 2.24) is 4.57 Å². The molecule has 0 bridgehead atoms. The molecule has 0 saturated heterocycles. The Morgan fingerprint density at radius 3 is 2.70 bits per heavy atom. The summed E-state index contributed by atoms with van der Waals surface area (Å²) in [6.07, 6.45) is 0. The summed E-state index contributed by atoms with van der Waals surface area (Å²) in [7, 11) is 3.19. The Bertz CT molecular complexity index is 1010. The molecule has 3 rings (SSSR count). The zero-order chi connectivity index (χ0) is 19.2. The Hall–Kier alpha value is -2.35. The largest absolute Gasteiger partial charge is 0.493 e. The summed E-state index contributed by atoms with van der Waals surface area (Å²) < 4.78 is 18.8.